The molecule has 2 aromatic heterocycles. The van der Waals surface area contributed by atoms with Crippen LogP contribution >= 0.6 is 0 Å². The molecule has 0 amide bonds. The number of nitrogens with one attached hydrogen (secondary N) is 1. The highest BCUT2D eigenvalue weighted by Crippen LogP contribution is 2.14. The smallest absolute Gasteiger partial charge is 0.222 e. The molecule has 3 rings (SSSR count). The minimum absolute atomic E-state index is 0.236. The van der Waals surface area contributed by atoms with Gasteiger partial charge in [-0.3, -0.25) is 0 Å². The lowest BCUT2D eigenvalue weighted by Gasteiger charge is -2.02. The number of H-pyrrole nitrogens is 1. The summed E-state index contributed by atoms with van der Waals surface area (Å²) in [5, 5.41) is 10.5. The monoisotopic (exact) mass is 240 g/mol. The molecule has 0 bridgehead atoms. The van der Waals surface area contributed by atoms with E-state index in [1.165, 1.54) is 5.56 Å². The molecule has 0 aliphatic rings. The van der Waals surface area contributed by atoms with Crippen LogP contribution in [0, 0.1) is 0 Å². The maximum atomic E-state index is 5.65. The van der Waals surface area contributed by atoms with Crippen LogP contribution in [0.4, 0.5) is 5.95 Å². The molecule has 0 radical (unpaired) electrons. The van der Waals surface area contributed by atoms with Crippen LogP contribution in [0.3, 0.4) is 0 Å². The van der Waals surface area contributed by atoms with Crippen LogP contribution in [0.5, 0.6) is 0 Å². The first kappa shape index (κ1) is 10.6. The number of nitrogens with zero attached hydrogens (tertiary/aromatic N) is 4. The zero-order chi connectivity index (χ0) is 12.4. The van der Waals surface area contributed by atoms with Gasteiger partial charge in [0.15, 0.2) is 5.52 Å². The van der Waals surface area contributed by atoms with Crippen LogP contribution in [-0.4, -0.2) is 25.4 Å². The van der Waals surface area contributed by atoms with Crippen LogP contribution in [0.25, 0.3) is 11.2 Å². The van der Waals surface area contributed by atoms with Crippen molar-refractivity contribution in [3.63, 3.8) is 0 Å². The van der Waals surface area contributed by atoms with Gasteiger partial charge in [-0.15, -0.1) is 5.10 Å². The third kappa shape index (κ3) is 2.00. The molecule has 0 spiro atoms. The molecule has 2 heterocycles. The maximum Gasteiger partial charge on any atom is 0.222 e. The molecule has 0 unspecified atom stereocenters. The number of anilines is 1. The Morgan fingerprint density at radius 3 is 2.67 bits per heavy atom. The minimum Gasteiger partial charge on any atom is -0.368 e. The Morgan fingerprint density at radius 2 is 1.83 bits per heavy atom. The third-order valence-corrected chi connectivity index (χ3v) is 2.77. The summed E-state index contributed by atoms with van der Waals surface area (Å²) >= 11 is 0. The molecule has 0 aliphatic carbocycles. The molecule has 1 aromatic carbocycles. The SMILES string of the molecule is Nc1nc(CCc2ccccc2)c2n[nH]nc2n1. The van der Waals surface area contributed by atoms with Crippen LogP contribution in [0.15, 0.2) is 30.3 Å². The molecule has 0 saturated heterocycles. The van der Waals surface area contributed by atoms with E-state index in [0.29, 0.717) is 11.2 Å². The van der Waals surface area contributed by atoms with E-state index in [1.807, 2.05) is 18.2 Å². The Labute approximate surface area is 103 Å². The molecule has 6 nitrogen and oxygen atoms in total. The van der Waals surface area contributed by atoms with E-state index >= 15 is 0 Å². The van der Waals surface area contributed by atoms with Gasteiger partial charge in [0.05, 0.1) is 5.69 Å². The molecular weight excluding hydrogens is 228 g/mol. The van der Waals surface area contributed by atoms with Crippen molar-refractivity contribution in [3.05, 3.63) is 41.6 Å². The first-order valence-electron chi connectivity index (χ1n) is 5.70. The second-order valence-electron chi connectivity index (χ2n) is 4.01. The average molecular weight is 240 g/mol. The molecule has 3 N–H and O–H groups in total. The third-order valence-electron chi connectivity index (χ3n) is 2.77. The van der Waals surface area contributed by atoms with Gasteiger partial charge in [-0.05, 0) is 18.4 Å². The van der Waals surface area contributed by atoms with Gasteiger partial charge < -0.3 is 5.73 Å². The van der Waals surface area contributed by atoms with Crippen LogP contribution in [0.1, 0.15) is 11.3 Å². The van der Waals surface area contributed by atoms with Crippen LogP contribution in [-0.2, 0) is 12.8 Å². The zero-order valence-corrected chi connectivity index (χ0v) is 9.67. The van der Waals surface area contributed by atoms with E-state index in [-0.39, 0.29) is 5.95 Å². The van der Waals surface area contributed by atoms with Gasteiger partial charge in [-0.1, -0.05) is 30.3 Å². The molecule has 6 heteroatoms. The van der Waals surface area contributed by atoms with Gasteiger partial charge in [0.1, 0.15) is 0 Å². The number of nitrogens with two attached hydrogens (primary N) is 1. The lowest BCUT2D eigenvalue weighted by atomic mass is 10.1. The average Bonchev–Trinajstić information content (AvgIpc) is 2.85. The van der Waals surface area contributed by atoms with Gasteiger partial charge in [0, 0.05) is 0 Å². The predicted molar refractivity (Wildman–Crippen MR) is 67.7 cm³/mol. The molecule has 0 saturated carbocycles. The van der Waals surface area contributed by atoms with E-state index in [0.717, 1.165) is 18.5 Å². The predicted octanol–water partition coefficient (Wildman–Crippen LogP) is 1.12. The van der Waals surface area contributed by atoms with E-state index in [4.69, 9.17) is 5.73 Å². The molecule has 18 heavy (non-hydrogen) atoms. The van der Waals surface area contributed by atoms with Crippen molar-refractivity contribution in [1.29, 1.82) is 0 Å². The fourth-order valence-electron chi connectivity index (χ4n) is 1.90. The largest absolute Gasteiger partial charge is 0.368 e. The number of hydrogen-bond acceptors (Lipinski definition) is 5. The van der Waals surface area contributed by atoms with E-state index < -0.39 is 0 Å². The Kier molecular flexibility index (Phi) is 2.60. The minimum atomic E-state index is 0.236. The Balaban J connectivity index is 1.88. The number of benzene rings is 1. The number of rotatable bonds is 3. The van der Waals surface area contributed by atoms with Gasteiger partial charge in [0.25, 0.3) is 0 Å². The highest BCUT2D eigenvalue weighted by molar-refractivity contribution is 5.72. The zero-order valence-electron chi connectivity index (χ0n) is 9.67. The normalized spacial score (nSPS) is 10.9. The van der Waals surface area contributed by atoms with E-state index in [2.05, 4.69) is 37.5 Å². The van der Waals surface area contributed by atoms with Crippen molar-refractivity contribution in [2.75, 3.05) is 5.73 Å². The highest BCUT2D eigenvalue weighted by atomic mass is 15.3. The number of fused-ring (bicyclic) bond motifs is 1. The molecular formula is C12H12N6. The first-order valence-corrected chi connectivity index (χ1v) is 5.70. The maximum absolute atomic E-state index is 5.65. The lowest BCUT2D eigenvalue weighted by Crippen LogP contribution is -2.02. The van der Waals surface area contributed by atoms with E-state index in [9.17, 15) is 0 Å². The number of aromatic amines is 1. The Bertz CT molecular complexity index is 661. The highest BCUT2D eigenvalue weighted by Gasteiger charge is 2.09. The van der Waals surface area contributed by atoms with Gasteiger partial charge in [0.2, 0.25) is 11.6 Å². The quantitative estimate of drug-likeness (QED) is 0.715. The summed E-state index contributed by atoms with van der Waals surface area (Å²) in [6, 6.07) is 10.2. The van der Waals surface area contributed by atoms with Crippen molar-refractivity contribution in [3.8, 4) is 0 Å². The molecule has 3 aromatic rings. The van der Waals surface area contributed by atoms with E-state index in [1.54, 1.807) is 0 Å². The van der Waals surface area contributed by atoms with Crippen molar-refractivity contribution >= 4 is 17.1 Å². The Hall–Kier alpha value is -2.50. The van der Waals surface area contributed by atoms with Crippen molar-refractivity contribution < 1.29 is 0 Å². The second kappa shape index (κ2) is 4.40. The van der Waals surface area contributed by atoms with Gasteiger partial charge in [-0.25, -0.2) is 4.98 Å². The fourth-order valence-corrected chi connectivity index (χ4v) is 1.90. The summed E-state index contributed by atoms with van der Waals surface area (Å²) in [7, 11) is 0. The lowest BCUT2D eigenvalue weighted by molar-refractivity contribution is 0.911. The molecule has 0 atom stereocenters. The van der Waals surface area contributed by atoms with Crippen molar-refractivity contribution in [2.24, 2.45) is 0 Å². The van der Waals surface area contributed by atoms with Crippen LogP contribution < -0.4 is 5.73 Å². The van der Waals surface area contributed by atoms with Crippen molar-refractivity contribution in [1.82, 2.24) is 25.4 Å². The summed E-state index contributed by atoms with van der Waals surface area (Å²) in [4.78, 5) is 8.25. The fraction of sp³-hybridized carbons (Fsp3) is 0.167. The first-order chi connectivity index (χ1) is 8.83. The molecule has 0 aliphatic heterocycles. The number of hydrogen-bond donors (Lipinski definition) is 2. The summed E-state index contributed by atoms with van der Waals surface area (Å²) in [5.41, 5.74) is 8.95. The summed E-state index contributed by atoms with van der Waals surface area (Å²) < 4.78 is 0. The summed E-state index contributed by atoms with van der Waals surface area (Å²) in [6.07, 6.45) is 1.65. The number of nitrogen functional groups attached to an aromatic ring is 1. The Morgan fingerprint density at radius 1 is 1.00 bits per heavy atom. The topological polar surface area (TPSA) is 93.4 Å². The standard InChI is InChI=1S/C12H12N6/c13-12-14-9(10-11(15-12)17-18-16-10)7-6-8-4-2-1-3-5-8/h1-5H,6-7H2,(H3,13,14,15,16,17,18). The second-order valence-corrected chi connectivity index (χ2v) is 4.01. The molecule has 90 valence electrons. The summed E-state index contributed by atoms with van der Waals surface area (Å²) in [5.74, 6) is 0.236. The van der Waals surface area contributed by atoms with Crippen molar-refractivity contribution in [2.45, 2.75) is 12.8 Å². The van der Waals surface area contributed by atoms with Gasteiger partial charge >= 0.3 is 0 Å². The molecule has 0 fully saturated rings. The summed E-state index contributed by atoms with van der Waals surface area (Å²) in [6.45, 7) is 0. The number of aromatic nitrogens is 5. The van der Waals surface area contributed by atoms with Crippen LogP contribution in [0.2, 0.25) is 0 Å². The number of aryl methyl sites for hydroxylation is 2. The van der Waals surface area contributed by atoms with Gasteiger partial charge in [-0.2, -0.15) is 15.3 Å².